The predicted molar refractivity (Wildman–Crippen MR) is 167 cm³/mol. The number of thioether (sulfide) groups is 1. The predicted octanol–water partition coefficient (Wildman–Crippen LogP) is 8.65. The van der Waals surface area contributed by atoms with Crippen molar-refractivity contribution in [1.82, 2.24) is 0 Å². The fraction of sp³-hybridized carbons (Fsp3) is 0.273. The van der Waals surface area contributed by atoms with Gasteiger partial charge in [0.05, 0.1) is 12.6 Å². The molecule has 1 N–H and O–H groups in total. The Labute approximate surface area is 254 Å². The number of hydrogen-bond acceptors (Lipinski definition) is 8. The van der Waals surface area contributed by atoms with Crippen LogP contribution in [0.1, 0.15) is 45.2 Å². The highest BCUT2D eigenvalue weighted by Crippen LogP contribution is 2.44. The Morgan fingerprint density at radius 2 is 1.69 bits per heavy atom. The van der Waals surface area contributed by atoms with E-state index in [1.54, 1.807) is 43.5 Å². The van der Waals surface area contributed by atoms with Crippen molar-refractivity contribution in [3.8, 4) is 28.4 Å². The summed E-state index contributed by atoms with van der Waals surface area (Å²) in [6.07, 6.45) is 4.01. The van der Waals surface area contributed by atoms with E-state index in [-0.39, 0.29) is 29.1 Å². The summed E-state index contributed by atoms with van der Waals surface area (Å²) >= 11 is 7.43. The van der Waals surface area contributed by atoms with Crippen LogP contribution < -0.4 is 19.5 Å². The SMILES string of the molecule is COc1cc(OC(=O)Oc2ccc(Cl)cc2)ccc1-c1ccc2c(c1COC(=O)C1CC=C(C)S1)C(C)=CC(C)(C)N2. The van der Waals surface area contributed by atoms with Crippen LogP contribution in [0.2, 0.25) is 5.02 Å². The van der Waals surface area contributed by atoms with Gasteiger partial charge in [-0.1, -0.05) is 29.8 Å². The number of methoxy groups -OCH3 is 1. The van der Waals surface area contributed by atoms with E-state index >= 15 is 0 Å². The maximum Gasteiger partial charge on any atom is 0.519 e. The molecule has 7 nitrogen and oxygen atoms in total. The molecule has 2 aliphatic rings. The molecule has 0 fully saturated rings. The summed E-state index contributed by atoms with van der Waals surface area (Å²) in [4.78, 5) is 26.5. The number of esters is 1. The highest BCUT2D eigenvalue weighted by Gasteiger charge is 2.29. The van der Waals surface area contributed by atoms with Gasteiger partial charge in [-0.2, -0.15) is 0 Å². The van der Waals surface area contributed by atoms with Crippen molar-refractivity contribution < 1.29 is 28.5 Å². The molecule has 0 spiro atoms. The Balaban J connectivity index is 1.45. The van der Waals surface area contributed by atoms with Crippen LogP contribution >= 0.6 is 23.4 Å². The van der Waals surface area contributed by atoms with E-state index in [0.29, 0.717) is 22.9 Å². The summed E-state index contributed by atoms with van der Waals surface area (Å²) < 4.78 is 22.3. The second kappa shape index (κ2) is 12.2. The number of fused-ring (bicyclic) bond motifs is 1. The lowest BCUT2D eigenvalue weighted by atomic mass is 9.85. The topological polar surface area (TPSA) is 83.1 Å². The number of benzene rings is 3. The summed E-state index contributed by atoms with van der Waals surface area (Å²) in [5.74, 6) is 0.804. The lowest BCUT2D eigenvalue weighted by Crippen LogP contribution is -2.32. The molecular weight excluding hydrogens is 574 g/mol. The summed E-state index contributed by atoms with van der Waals surface area (Å²) in [5, 5.41) is 3.87. The van der Waals surface area contributed by atoms with E-state index < -0.39 is 6.16 Å². The number of nitrogens with one attached hydrogen (secondary N) is 1. The second-order valence-electron chi connectivity index (χ2n) is 10.7. The zero-order valence-corrected chi connectivity index (χ0v) is 25.7. The maximum atomic E-state index is 13.0. The van der Waals surface area contributed by atoms with Gasteiger partial charge in [-0.25, -0.2) is 4.79 Å². The van der Waals surface area contributed by atoms with Gasteiger partial charge in [-0.15, -0.1) is 11.8 Å². The van der Waals surface area contributed by atoms with Gasteiger partial charge >= 0.3 is 12.1 Å². The molecule has 3 aromatic carbocycles. The van der Waals surface area contributed by atoms with Gasteiger partial charge in [0, 0.05) is 33.5 Å². The third-order valence-electron chi connectivity index (χ3n) is 6.99. The van der Waals surface area contributed by atoms with E-state index in [2.05, 4.69) is 38.2 Å². The Kier molecular flexibility index (Phi) is 8.57. The Bertz CT molecular complexity index is 1590. The molecule has 42 heavy (non-hydrogen) atoms. The first-order chi connectivity index (χ1) is 20.0. The van der Waals surface area contributed by atoms with Gasteiger partial charge in [0.15, 0.2) is 0 Å². The molecular formula is C33H32ClNO6S. The zero-order chi connectivity index (χ0) is 30.0. The molecule has 0 radical (unpaired) electrons. The Morgan fingerprint density at radius 1 is 1.00 bits per heavy atom. The molecule has 5 rings (SSSR count). The number of rotatable bonds is 7. The van der Waals surface area contributed by atoms with Crippen molar-refractivity contribution in [2.45, 2.75) is 51.5 Å². The molecule has 2 heterocycles. The monoisotopic (exact) mass is 605 g/mol. The van der Waals surface area contributed by atoms with Crippen molar-refractivity contribution in [1.29, 1.82) is 0 Å². The van der Waals surface area contributed by atoms with Crippen molar-refractivity contribution >= 4 is 46.7 Å². The average molecular weight is 606 g/mol. The highest BCUT2D eigenvalue weighted by molar-refractivity contribution is 8.04. The number of carbonyl (C=O) groups is 2. The minimum absolute atomic E-state index is 0.0928. The number of hydrogen-bond donors (Lipinski definition) is 1. The third kappa shape index (κ3) is 6.61. The average Bonchev–Trinajstić information content (AvgIpc) is 3.38. The van der Waals surface area contributed by atoms with Crippen molar-refractivity contribution in [3.63, 3.8) is 0 Å². The van der Waals surface area contributed by atoms with Gasteiger partial charge in [0.25, 0.3) is 0 Å². The van der Waals surface area contributed by atoms with E-state index in [9.17, 15) is 9.59 Å². The quantitative estimate of drug-likeness (QED) is 0.212. The second-order valence-corrected chi connectivity index (χ2v) is 12.6. The fourth-order valence-corrected chi connectivity index (χ4v) is 6.37. The molecule has 1 atom stereocenters. The van der Waals surface area contributed by atoms with Gasteiger partial charge < -0.3 is 24.3 Å². The highest BCUT2D eigenvalue weighted by atomic mass is 35.5. The lowest BCUT2D eigenvalue weighted by molar-refractivity contribution is -0.144. The largest absolute Gasteiger partial charge is 0.519 e. The summed E-state index contributed by atoms with van der Waals surface area (Å²) in [5.41, 5.74) is 5.27. The number of halogens is 1. The van der Waals surface area contributed by atoms with Gasteiger partial charge in [0.1, 0.15) is 29.1 Å². The van der Waals surface area contributed by atoms with Crippen molar-refractivity contribution in [3.05, 3.63) is 87.8 Å². The van der Waals surface area contributed by atoms with Crippen LogP contribution in [-0.2, 0) is 16.1 Å². The van der Waals surface area contributed by atoms with E-state index in [1.165, 1.54) is 11.8 Å². The summed E-state index contributed by atoms with van der Waals surface area (Å²) in [7, 11) is 1.55. The van der Waals surface area contributed by atoms with Crippen LogP contribution in [-0.4, -0.2) is 30.0 Å². The van der Waals surface area contributed by atoms with E-state index in [4.69, 9.17) is 30.5 Å². The Hall–Kier alpha value is -3.88. The molecule has 218 valence electrons. The van der Waals surface area contributed by atoms with Crippen LogP contribution in [0.3, 0.4) is 0 Å². The number of ether oxygens (including phenoxy) is 4. The van der Waals surface area contributed by atoms with Crippen LogP contribution in [0.4, 0.5) is 10.5 Å². The van der Waals surface area contributed by atoms with Gasteiger partial charge in [0.2, 0.25) is 0 Å². The van der Waals surface area contributed by atoms with Gasteiger partial charge in [-0.05, 0) is 92.6 Å². The molecule has 0 aliphatic carbocycles. The van der Waals surface area contributed by atoms with Crippen LogP contribution in [0.15, 0.2) is 71.7 Å². The lowest BCUT2D eigenvalue weighted by Gasteiger charge is -2.33. The maximum absolute atomic E-state index is 13.0. The molecule has 0 aromatic heterocycles. The minimum Gasteiger partial charge on any atom is -0.496 e. The zero-order valence-electron chi connectivity index (χ0n) is 24.1. The first-order valence-corrected chi connectivity index (χ1v) is 14.8. The first kappa shape index (κ1) is 29.6. The minimum atomic E-state index is -0.891. The van der Waals surface area contributed by atoms with Crippen molar-refractivity contribution in [2.75, 3.05) is 12.4 Å². The normalized spacial score (nSPS) is 16.9. The van der Waals surface area contributed by atoms with Gasteiger partial charge in [-0.3, -0.25) is 4.79 Å². The molecule has 1 unspecified atom stereocenters. The van der Waals surface area contributed by atoms with Crippen LogP contribution in [0.5, 0.6) is 17.2 Å². The van der Waals surface area contributed by atoms with Crippen molar-refractivity contribution in [2.24, 2.45) is 0 Å². The molecule has 0 saturated carbocycles. The molecule has 2 aliphatic heterocycles. The third-order valence-corrected chi connectivity index (χ3v) is 8.45. The molecule has 0 bridgehead atoms. The first-order valence-electron chi connectivity index (χ1n) is 13.5. The van der Waals surface area contributed by atoms with Crippen LogP contribution in [0.25, 0.3) is 16.7 Å². The number of allylic oxidation sites excluding steroid dienone is 3. The molecule has 0 saturated heterocycles. The molecule has 9 heteroatoms. The fourth-order valence-electron chi connectivity index (χ4n) is 5.25. The molecule has 3 aromatic rings. The number of anilines is 1. The smallest absolute Gasteiger partial charge is 0.496 e. The summed E-state index contributed by atoms with van der Waals surface area (Å²) in [6.45, 7) is 8.38. The number of carbonyl (C=O) groups excluding carboxylic acids is 2. The summed E-state index contributed by atoms with van der Waals surface area (Å²) in [6, 6.07) is 15.5. The standard InChI is InChI=1S/C33H32ClNO6S/c1-19-17-33(3,4)35-27-14-13-24(26(30(19)27)18-39-31(36)29-15-6-20(2)42-29)25-12-11-23(16-28(25)38-5)41-32(37)40-22-9-7-21(34)8-10-22/h6-14,16-17,29,35H,15,18H2,1-5H3. The van der Waals surface area contributed by atoms with Crippen LogP contribution in [0, 0.1) is 0 Å². The Morgan fingerprint density at radius 3 is 2.38 bits per heavy atom. The van der Waals surface area contributed by atoms with E-state index in [0.717, 1.165) is 38.4 Å². The van der Waals surface area contributed by atoms with E-state index in [1.807, 2.05) is 25.1 Å². The molecule has 0 amide bonds.